The number of aromatic nitrogens is 3. The van der Waals surface area contributed by atoms with Crippen molar-refractivity contribution >= 4 is 38.8 Å². The number of rotatable bonds is 8. The number of benzene rings is 1. The summed E-state index contributed by atoms with van der Waals surface area (Å²) in [5.41, 5.74) is 7.19. The molecule has 1 unspecified atom stereocenters. The van der Waals surface area contributed by atoms with Gasteiger partial charge in [0, 0.05) is 22.6 Å². The van der Waals surface area contributed by atoms with Gasteiger partial charge in [0.15, 0.2) is 5.65 Å². The van der Waals surface area contributed by atoms with Gasteiger partial charge in [-0.15, -0.1) is 11.3 Å². The van der Waals surface area contributed by atoms with E-state index in [1.807, 2.05) is 6.92 Å². The van der Waals surface area contributed by atoms with Crippen LogP contribution in [0.4, 0.5) is 5.00 Å². The van der Waals surface area contributed by atoms with Gasteiger partial charge in [-0.1, -0.05) is 45.0 Å². The Bertz CT molecular complexity index is 1310. The van der Waals surface area contributed by atoms with Crippen molar-refractivity contribution in [1.82, 2.24) is 14.5 Å². The van der Waals surface area contributed by atoms with Crippen LogP contribution in [0.15, 0.2) is 36.4 Å². The molecule has 0 aliphatic heterocycles. The third-order valence-corrected chi connectivity index (χ3v) is 7.18. The van der Waals surface area contributed by atoms with Crippen LogP contribution in [0.2, 0.25) is 0 Å². The standard InChI is InChI=1S/C25H30N4O2S2/c1-6-22-27-23-16(4)12-17(5)26-24(23)29(22)14-18-7-9-19(10-8-18)21-13-20(11-15(2)3)32-25(21)28-33(30)31/h7-10,12-13,15,28H,6,11,14H2,1-5H3,(H,30,31). The van der Waals surface area contributed by atoms with Gasteiger partial charge in [0.05, 0.1) is 6.54 Å². The summed E-state index contributed by atoms with van der Waals surface area (Å²) in [7, 11) is 0. The fraction of sp³-hybridized carbons (Fsp3) is 0.360. The molecule has 6 nitrogen and oxygen atoms in total. The van der Waals surface area contributed by atoms with Crippen LogP contribution in [0.5, 0.6) is 0 Å². The van der Waals surface area contributed by atoms with Gasteiger partial charge >= 0.3 is 0 Å². The molecule has 4 aromatic rings. The third-order valence-electron chi connectivity index (χ3n) is 5.60. The minimum absolute atomic E-state index is 0.519. The summed E-state index contributed by atoms with van der Waals surface area (Å²) in [5, 5.41) is 0.725. The summed E-state index contributed by atoms with van der Waals surface area (Å²) in [6.45, 7) is 11.3. The molecule has 0 fully saturated rings. The lowest BCUT2D eigenvalue weighted by atomic mass is 10.0. The van der Waals surface area contributed by atoms with Crippen molar-refractivity contribution in [3.8, 4) is 11.1 Å². The number of thiophene rings is 1. The van der Waals surface area contributed by atoms with E-state index in [1.165, 1.54) is 4.88 Å². The Balaban J connectivity index is 1.66. The van der Waals surface area contributed by atoms with Crippen LogP contribution >= 0.6 is 11.3 Å². The number of aryl methyl sites for hydroxylation is 3. The minimum atomic E-state index is -2.10. The van der Waals surface area contributed by atoms with Crippen LogP contribution in [0.3, 0.4) is 0 Å². The van der Waals surface area contributed by atoms with Gasteiger partial charge < -0.3 is 4.57 Å². The van der Waals surface area contributed by atoms with Gasteiger partial charge in [0.1, 0.15) is 16.3 Å². The Hall–Kier alpha value is -2.55. The van der Waals surface area contributed by atoms with Gasteiger partial charge in [0.25, 0.3) is 11.3 Å². The molecular weight excluding hydrogens is 452 g/mol. The number of nitrogens with zero attached hydrogens (tertiary/aromatic N) is 3. The molecule has 0 saturated heterocycles. The summed E-state index contributed by atoms with van der Waals surface area (Å²) in [6.07, 6.45) is 1.78. The fourth-order valence-corrected chi connectivity index (χ4v) is 5.96. The minimum Gasteiger partial charge on any atom is -0.308 e. The molecule has 0 saturated carbocycles. The van der Waals surface area contributed by atoms with Crippen molar-refractivity contribution in [2.75, 3.05) is 4.72 Å². The predicted octanol–water partition coefficient (Wildman–Crippen LogP) is 6.13. The molecule has 0 amide bonds. The molecule has 1 aromatic carbocycles. The second-order valence-corrected chi connectivity index (χ2v) is 10.7. The van der Waals surface area contributed by atoms with Gasteiger partial charge in [-0.05, 0) is 55.0 Å². The highest BCUT2D eigenvalue weighted by Gasteiger charge is 2.16. The Kier molecular flexibility index (Phi) is 6.97. The Morgan fingerprint density at radius 3 is 2.52 bits per heavy atom. The first-order valence-electron chi connectivity index (χ1n) is 11.2. The van der Waals surface area contributed by atoms with E-state index >= 15 is 0 Å². The zero-order valence-corrected chi connectivity index (χ0v) is 21.3. The zero-order valence-electron chi connectivity index (χ0n) is 19.7. The summed E-state index contributed by atoms with van der Waals surface area (Å²) >= 11 is -0.561. The highest BCUT2D eigenvalue weighted by Crippen LogP contribution is 2.38. The molecule has 0 aliphatic rings. The molecule has 4 rings (SSSR count). The number of imidazole rings is 1. The van der Waals surface area contributed by atoms with Gasteiger partial charge in [-0.2, -0.15) is 0 Å². The maximum Gasteiger partial charge on any atom is 0.259 e. The third kappa shape index (κ3) is 5.18. The zero-order chi connectivity index (χ0) is 23.7. The second-order valence-electron chi connectivity index (χ2n) is 8.82. The molecule has 2 N–H and O–H groups in total. The molecule has 174 valence electrons. The first kappa shape index (κ1) is 23.6. The topological polar surface area (TPSA) is 80.0 Å². The van der Waals surface area contributed by atoms with Crippen LogP contribution in [0.1, 0.15) is 48.3 Å². The Labute approximate surface area is 201 Å². The number of fused-ring (bicyclic) bond motifs is 1. The first-order chi connectivity index (χ1) is 15.7. The summed E-state index contributed by atoms with van der Waals surface area (Å²) < 4.78 is 25.7. The van der Waals surface area contributed by atoms with Gasteiger partial charge in [-0.25, -0.2) is 14.2 Å². The van der Waals surface area contributed by atoms with Crippen molar-refractivity contribution in [3.63, 3.8) is 0 Å². The molecular formula is C25H30N4O2S2. The van der Waals surface area contributed by atoms with Gasteiger partial charge in [-0.3, -0.25) is 9.27 Å². The van der Waals surface area contributed by atoms with E-state index in [0.29, 0.717) is 12.5 Å². The SMILES string of the molecule is CCc1nc2c(C)cc(C)nc2n1Cc1ccc(-c2cc(CC(C)C)sc2NS(=O)O)cc1. The maximum atomic E-state index is 11.4. The van der Waals surface area contributed by atoms with Crippen molar-refractivity contribution in [3.05, 3.63) is 63.9 Å². The highest BCUT2D eigenvalue weighted by atomic mass is 32.2. The van der Waals surface area contributed by atoms with Crippen LogP contribution in [-0.2, 0) is 30.7 Å². The van der Waals surface area contributed by atoms with Crippen LogP contribution in [0, 0.1) is 19.8 Å². The molecule has 0 bridgehead atoms. The fourth-order valence-electron chi connectivity index (χ4n) is 4.17. The van der Waals surface area contributed by atoms with E-state index in [9.17, 15) is 8.76 Å². The molecule has 3 aromatic heterocycles. The van der Waals surface area contributed by atoms with E-state index in [0.717, 1.165) is 62.8 Å². The molecule has 0 spiro atoms. The largest absolute Gasteiger partial charge is 0.308 e. The van der Waals surface area contributed by atoms with E-state index < -0.39 is 11.3 Å². The summed E-state index contributed by atoms with van der Waals surface area (Å²) in [4.78, 5) is 10.8. The normalized spacial score (nSPS) is 12.6. The van der Waals surface area contributed by atoms with E-state index in [2.05, 4.69) is 73.4 Å². The number of pyridine rings is 1. The average Bonchev–Trinajstić information content (AvgIpc) is 3.29. The quantitative estimate of drug-likeness (QED) is 0.296. The van der Waals surface area contributed by atoms with Crippen molar-refractivity contribution in [1.29, 1.82) is 0 Å². The molecule has 0 radical (unpaired) electrons. The van der Waals surface area contributed by atoms with Crippen molar-refractivity contribution in [2.45, 2.75) is 54.0 Å². The molecule has 33 heavy (non-hydrogen) atoms. The lowest BCUT2D eigenvalue weighted by Crippen LogP contribution is -2.05. The van der Waals surface area contributed by atoms with Crippen LogP contribution < -0.4 is 4.72 Å². The van der Waals surface area contributed by atoms with Crippen molar-refractivity contribution in [2.24, 2.45) is 5.92 Å². The predicted molar refractivity (Wildman–Crippen MR) is 138 cm³/mol. The lowest BCUT2D eigenvalue weighted by molar-refractivity contribution is 0.570. The number of anilines is 1. The first-order valence-corrected chi connectivity index (χ1v) is 13.1. The Morgan fingerprint density at radius 2 is 1.88 bits per heavy atom. The van der Waals surface area contributed by atoms with E-state index in [4.69, 9.17) is 9.97 Å². The van der Waals surface area contributed by atoms with Gasteiger partial charge in [0.2, 0.25) is 0 Å². The Morgan fingerprint density at radius 1 is 1.15 bits per heavy atom. The van der Waals surface area contributed by atoms with Crippen LogP contribution in [0.25, 0.3) is 22.3 Å². The van der Waals surface area contributed by atoms with E-state index in [-0.39, 0.29) is 0 Å². The number of hydrogen-bond donors (Lipinski definition) is 2. The van der Waals surface area contributed by atoms with Crippen molar-refractivity contribution < 1.29 is 8.76 Å². The summed E-state index contributed by atoms with van der Waals surface area (Å²) in [6, 6.07) is 12.6. The maximum absolute atomic E-state index is 11.4. The lowest BCUT2D eigenvalue weighted by Gasteiger charge is -2.10. The average molecular weight is 483 g/mol. The smallest absolute Gasteiger partial charge is 0.259 e. The molecule has 3 heterocycles. The molecule has 8 heteroatoms. The molecule has 1 atom stereocenters. The highest BCUT2D eigenvalue weighted by molar-refractivity contribution is 7.80. The number of hydrogen-bond acceptors (Lipinski definition) is 4. The summed E-state index contributed by atoms with van der Waals surface area (Å²) in [5.74, 6) is 1.55. The van der Waals surface area contributed by atoms with Crippen LogP contribution in [-0.4, -0.2) is 23.3 Å². The monoisotopic (exact) mass is 482 g/mol. The number of nitrogens with one attached hydrogen (secondary N) is 1. The van der Waals surface area contributed by atoms with E-state index in [1.54, 1.807) is 11.3 Å². The molecule has 0 aliphatic carbocycles. The second kappa shape index (κ2) is 9.75.